The SMILES string of the molecule is CCNC(C)(CCCN1CCCC1C)C(=O)OC. The van der Waals surface area contributed by atoms with Crippen LogP contribution in [0.15, 0.2) is 0 Å². The van der Waals surface area contributed by atoms with Gasteiger partial charge in [-0.25, -0.2) is 0 Å². The lowest BCUT2D eigenvalue weighted by molar-refractivity contribution is -0.148. The molecule has 0 bridgehead atoms. The fourth-order valence-electron chi connectivity index (χ4n) is 2.84. The third-order valence-corrected chi connectivity index (χ3v) is 4.02. The van der Waals surface area contributed by atoms with Crippen molar-refractivity contribution in [3.05, 3.63) is 0 Å². The molecule has 0 aliphatic carbocycles. The molecule has 0 aromatic carbocycles. The van der Waals surface area contributed by atoms with Gasteiger partial charge in [0.1, 0.15) is 5.54 Å². The number of carbonyl (C=O) groups is 1. The normalized spacial score (nSPS) is 23.9. The molecule has 1 N–H and O–H groups in total. The van der Waals surface area contributed by atoms with Gasteiger partial charge in [-0.2, -0.15) is 0 Å². The van der Waals surface area contributed by atoms with Gasteiger partial charge in [0, 0.05) is 6.04 Å². The van der Waals surface area contributed by atoms with Crippen LogP contribution in [0.4, 0.5) is 0 Å². The fraction of sp³-hybridized carbons (Fsp3) is 0.929. The minimum absolute atomic E-state index is 0.154. The maximum absolute atomic E-state index is 11.8. The van der Waals surface area contributed by atoms with E-state index in [1.54, 1.807) is 0 Å². The Hall–Kier alpha value is -0.610. The van der Waals surface area contributed by atoms with Gasteiger partial charge in [-0.3, -0.25) is 4.79 Å². The summed E-state index contributed by atoms with van der Waals surface area (Å²) in [4.78, 5) is 14.3. The highest BCUT2D eigenvalue weighted by Crippen LogP contribution is 2.19. The molecule has 4 heteroatoms. The number of nitrogens with one attached hydrogen (secondary N) is 1. The molecule has 18 heavy (non-hydrogen) atoms. The molecule has 0 aromatic heterocycles. The smallest absolute Gasteiger partial charge is 0.325 e. The lowest BCUT2D eigenvalue weighted by atomic mass is 9.95. The molecule has 2 atom stereocenters. The van der Waals surface area contributed by atoms with Crippen molar-refractivity contribution in [2.75, 3.05) is 26.7 Å². The predicted octanol–water partition coefficient (Wildman–Crippen LogP) is 1.79. The van der Waals surface area contributed by atoms with Crippen molar-refractivity contribution in [3.63, 3.8) is 0 Å². The maximum Gasteiger partial charge on any atom is 0.325 e. The van der Waals surface area contributed by atoms with E-state index in [4.69, 9.17) is 4.74 Å². The molecule has 0 radical (unpaired) electrons. The minimum Gasteiger partial charge on any atom is -0.468 e. The van der Waals surface area contributed by atoms with E-state index in [9.17, 15) is 4.79 Å². The van der Waals surface area contributed by atoms with E-state index in [1.165, 1.54) is 26.5 Å². The highest BCUT2D eigenvalue weighted by atomic mass is 16.5. The second-order valence-electron chi connectivity index (χ2n) is 5.48. The molecule has 1 rings (SSSR count). The van der Waals surface area contributed by atoms with Gasteiger partial charge in [-0.1, -0.05) is 6.92 Å². The third kappa shape index (κ3) is 3.95. The first-order chi connectivity index (χ1) is 8.53. The Kier molecular flexibility index (Phi) is 6.09. The lowest BCUT2D eigenvalue weighted by Gasteiger charge is -2.29. The Bertz CT molecular complexity index is 271. The van der Waals surface area contributed by atoms with Crippen molar-refractivity contribution >= 4 is 5.97 Å². The highest BCUT2D eigenvalue weighted by molar-refractivity contribution is 5.80. The second kappa shape index (κ2) is 7.10. The van der Waals surface area contributed by atoms with E-state index in [-0.39, 0.29) is 5.97 Å². The van der Waals surface area contributed by atoms with Gasteiger partial charge in [0.25, 0.3) is 0 Å². The molecule has 1 aliphatic heterocycles. The molecule has 0 saturated carbocycles. The quantitative estimate of drug-likeness (QED) is 0.705. The van der Waals surface area contributed by atoms with Crippen LogP contribution in [0.5, 0.6) is 0 Å². The Balaban J connectivity index is 2.39. The summed E-state index contributed by atoms with van der Waals surface area (Å²) in [5, 5.41) is 3.25. The van der Waals surface area contributed by atoms with Crippen LogP contribution < -0.4 is 5.32 Å². The first-order valence-electron chi connectivity index (χ1n) is 7.11. The average Bonchev–Trinajstić information content (AvgIpc) is 2.74. The monoisotopic (exact) mass is 256 g/mol. The molecule has 0 amide bonds. The number of nitrogens with zero attached hydrogens (tertiary/aromatic N) is 1. The second-order valence-corrected chi connectivity index (χ2v) is 5.48. The Morgan fingerprint density at radius 1 is 1.56 bits per heavy atom. The summed E-state index contributed by atoms with van der Waals surface area (Å²) in [6, 6.07) is 0.702. The first-order valence-corrected chi connectivity index (χ1v) is 7.11. The first kappa shape index (κ1) is 15.4. The van der Waals surface area contributed by atoms with E-state index >= 15 is 0 Å². The van der Waals surface area contributed by atoms with E-state index in [0.717, 1.165) is 25.9 Å². The van der Waals surface area contributed by atoms with Crippen LogP contribution in [0.25, 0.3) is 0 Å². The topological polar surface area (TPSA) is 41.6 Å². The summed E-state index contributed by atoms with van der Waals surface area (Å²) in [6.45, 7) is 9.32. The van der Waals surface area contributed by atoms with Crippen LogP contribution in [0, 0.1) is 0 Å². The van der Waals surface area contributed by atoms with E-state index < -0.39 is 5.54 Å². The average molecular weight is 256 g/mol. The minimum atomic E-state index is -0.535. The summed E-state index contributed by atoms with van der Waals surface area (Å²) < 4.78 is 4.90. The van der Waals surface area contributed by atoms with Gasteiger partial charge >= 0.3 is 5.97 Å². The van der Waals surface area contributed by atoms with Crippen molar-refractivity contribution in [2.24, 2.45) is 0 Å². The molecular weight excluding hydrogens is 228 g/mol. The molecule has 4 nitrogen and oxygen atoms in total. The number of ether oxygens (including phenoxy) is 1. The zero-order valence-electron chi connectivity index (χ0n) is 12.3. The van der Waals surface area contributed by atoms with Gasteiger partial charge in [0.05, 0.1) is 7.11 Å². The summed E-state index contributed by atoms with van der Waals surface area (Å²) in [5.41, 5.74) is -0.535. The summed E-state index contributed by atoms with van der Waals surface area (Å²) in [7, 11) is 1.46. The summed E-state index contributed by atoms with van der Waals surface area (Å²) in [6.07, 6.45) is 4.48. The van der Waals surface area contributed by atoms with E-state index in [2.05, 4.69) is 17.1 Å². The molecule has 1 aliphatic rings. The van der Waals surface area contributed by atoms with E-state index in [0.29, 0.717) is 6.04 Å². The zero-order chi connectivity index (χ0) is 13.6. The maximum atomic E-state index is 11.8. The number of likely N-dealkylation sites (N-methyl/N-ethyl adjacent to an activating group) is 1. The van der Waals surface area contributed by atoms with Gasteiger partial charge in [0.2, 0.25) is 0 Å². The van der Waals surface area contributed by atoms with E-state index in [1.807, 2.05) is 13.8 Å². The Morgan fingerprint density at radius 2 is 2.28 bits per heavy atom. The number of esters is 1. The van der Waals surface area contributed by atoms with Gasteiger partial charge in [-0.15, -0.1) is 0 Å². The van der Waals surface area contributed by atoms with Crippen molar-refractivity contribution in [1.82, 2.24) is 10.2 Å². The zero-order valence-corrected chi connectivity index (χ0v) is 12.3. The molecule has 0 aromatic rings. The molecule has 106 valence electrons. The van der Waals surface area contributed by atoms with Gasteiger partial charge < -0.3 is 15.0 Å². The molecule has 1 heterocycles. The third-order valence-electron chi connectivity index (χ3n) is 4.02. The number of methoxy groups -OCH3 is 1. The Morgan fingerprint density at radius 3 is 2.78 bits per heavy atom. The molecule has 1 fully saturated rings. The predicted molar refractivity (Wildman–Crippen MR) is 73.6 cm³/mol. The van der Waals surface area contributed by atoms with Gasteiger partial charge in [0.15, 0.2) is 0 Å². The molecule has 2 unspecified atom stereocenters. The Labute approximate surface area is 111 Å². The van der Waals surface area contributed by atoms with Crippen molar-refractivity contribution in [1.29, 1.82) is 0 Å². The number of hydrogen-bond donors (Lipinski definition) is 1. The standard InChI is InChI=1S/C14H28N2O2/c1-5-15-14(3,13(17)18-4)9-7-11-16-10-6-8-12(16)2/h12,15H,5-11H2,1-4H3. The van der Waals surface area contributed by atoms with Gasteiger partial charge in [-0.05, 0) is 59.2 Å². The summed E-state index contributed by atoms with van der Waals surface area (Å²) >= 11 is 0. The van der Waals surface area contributed by atoms with Crippen LogP contribution in [0.2, 0.25) is 0 Å². The molecular formula is C14H28N2O2. The summed E-state index contributed by atoms with van der Waals surface area (Å²) in [5.74, 6) is -0.154. The number of carbonyl (C=O) groups excluding carboxylic acids is 1. The fourth-order valence-corrected chi connectivity index (χ4v) is 2.84. The van der Waals surface area contributed by atoms with Crippen LogP contribution in [-0.2, 0) is 9.53 Å². The number of likely N-dealkylation sites (tertiary alicyclic amines) is 1. The van der Waals surface area contributed by atoms with Crippen molar-refractivity contribution in [2.45, 2.75) is 58.0 Å². The molecule has 1 saturated heterocycles. The van der Waals surface area contributed by atoms with Crippen molar-refractivity contribution < 1.29 is 9.53 Å². The van der Waals surface area contributed by atoms with Crippen LogP contribution in [-0.4, -0.2) is 49.2 Å². The lowest BCUT2D eigenvalue weighted by Crippen LogP contribution is -2.50. The molecule has 0 spiro atoms. The highest BCUT2D eigenvalue weighted by Gasteiger charge is 2.33. The number of hydrogen-bond acceptors (Lipinski definition) is 4. The van der Waals surface area contributed by atoms with Crippen LogP contribution in [0.3, 0.4) is 0 Å². The largest absolute Gasteiger partial charge is 0.468 e. The van der Waals surface area contributed by atoms with Crippen LogP contribution >= 0.6 is 0 Å². The number of rotatable bonds is 7. The van der Waals surface area contributed by atoms with Crippen LogP contribution in [0.1, 0.15) is 46.5 Å². The van der Waals surface area contributed by atoms with Crippen molar-refractivity contribution in [3.8, 4) is 0 Å².